The van der Waals surface area contributed by atoms with Gasteiger partial charge in [0, 0.05) is 20.7 Å². The Morgan fingerprint density at radius 2 is 2.07 bits per heavy atom. The van der Waals surface area contributed by atoms with Gasteiger partial charge in [-0.2, -0.15) is 0 Å². The van der Waals surface area contributed by atoms with Crippen LogP contribution >= 0.6 is 27.7 Å². The van der Waals surface area contributed by atoms with E-state index in [0.29, 0.717) is 11.3 Å². The normalized spacial score (nSPS) is 15.1. The summed E-state index contributed by atoms with van der Waals surface area (Å²) >= 11 is 5.38. The highest BCUT2D eigenvalue weighted by Gasteiger charge is 2.11. The zero-order valence-electron chi connectivity index (χ0n) is 8.75. The van der Waals surface area contributed by atoms with Crippen LogP contribution in [0.3, 0.4) is 0 Å². The average molecular weight is 274 g/mol. The summed E-state index contributed by atoms with van der Waals surface area (Å²) in [4.78, 5) is 1.31. The number of thioether (sulfide) groups is 1. The van der Waals surface area contributed by atoms with Crippen LogP contribution in [-0.4, -0.2) is 18.3 Å². The van der Waals surface area contributed by atoms with Crippen molar-refractivity contribution in [1.82, 2.24) is 5.32 Å². The van der Waals surface area contributed by atoms with Crippen molar-refractivity contribution in [2.24, 2.45) is 0 Å². The van der Waals surface area contributed by atoms with E-state index in [-0.39, 0.29) is 0 Å². The van der Waals surface area contributed by atoms with E-state index in [0.717, 1.165) is 4.47 Å². The highest BCUT2D eigenvalue weighted by atomic mass is 79.9. The molecule has 0 aliphatic rings. The first-order chi connectivity index (χ1) is 6.63. The van der Waals surface area contributed by atoms with Crippen LogP contribution in [0.5, 0.6) is 0 Å². The number of hydrogen-bond donors (Lipinski definition) is 1. The lowest BCUT2D eigenvalue weighted by Gasteiger charge is -2.18. The molecule has 1 aromatic carbocycles. The summed E-state index contributed by atoms with van der Waals surface area (Å²) in [6, 6.07) is 8.95. The zero-order chi connectivity index (χ0) is 10.6. The Morgan fingerprint density at radius 1 is 1.36 bits per heavy atom. The van der Waals surface area contributed by atoms with E-state index in [1.807, 2.05) is 18.8 Å². The van der Waals surface area contributed by atoms with Crippen LogP contribution in [0.1, 0.15) is 13.8 Å². The molecule has 0 aromatic heterocycles. The molecule has 2 atom stereocenters. The van der Waals surface area contributed by atoms with Crippen molar-refractivity contribution in [3.8, 4) is 0 Å². The van der Waals surface area contributed by atoms with Crippen LogP contribution in [0.2, 0.25) is 0 Å². The molecule has 1 rings (SSSR count). The molecule has 0 aliphatic heterocycles. The molecular formula is C11H16BrNS. The fourth-order valence-corrected chi connectivity index (χ4v) is 2.76. The van der Waals surface area contributed by atoms with E-state index in [4.69, 9.17) is 0 Å². The second-order valence-electron chi connectivity index (χ2n) is 3.36. The van der Waals surface area contributed by atoms with E-state index in [2.05, 4.69) is 59.4 Å². The zero-order valence-corrected chi connectivity index (χ0v) is 11.2. The molecule has 3 heteroatoms. The molecule has 1 N–H and O–H groups in total. The lowest BCUT2D eigenvalue weighted by atomic mass is 10.3. The van der Waals surface area contributed by atoms with Gasteiger partial charge >= 0.3 is 0 Å². The second-order valence-corrected chi connectivity index (χ2v) is 5.72. The van der Waals surface area contributed by atoms with Crippen LogP contribution in [0, 0.1) is 0 Å². The molecule has 0 saturated carbocycles. The van der Waals surface area contributed by atoms with Crippen LogP contribution in [0.15, 0.2) is 33.6 Å². The number of rotatable bonds is 4. The summed E-state index contributed by atoms with van der Waals surface area (Å²) in [6.45, 7) is 4.45. The van der Waals surface area contributed by atoms with Gasteiger partial charge < -0.3 is 5.32 Å². The summed E-state index contributed by atoms with van der Waals surface area (Å²) in [6.07, 6.45) is 0. The highest BCUT2D eigenvalue weighted by Crippen LogP contribution is 2.27. The van der Waals surface area contributed by atoms with Gasteiger partial charge in [-0.05, 0) is 32.2 Å². The lowest BCUT2D eigenvalue weighted by Crippen LogP contribution is -2.30. The number of halogens is 1. The van der Waals surface area contributed by atoms with Crippen molar-refractivity contribution in [2.45, 2.75) is 30.0 Å². The van der Waals surface area contributed by atoms with Gasteiger partial charge in [0.15, 0.2) is 0 Å². The Kier molecular flexibility index (Phi) is 4.99. The van der Waals surface area contributed by atoms with Gasteiger partial charge in [-0.1, -0.05) is 28.9 Å². The van der Waals surface area contributed by atoms with Crippen molar-refractivity contribution in [3.05, 3.63) is 28.7 Å². The summed E-state index contributed by atoms with van der Waals surface area (Å²) in [5.74, 6) is 0. The minimum atomic E-state index is 0.527. The Hall–Kier alpha value is 0.01000. The van der Waals surface area contributed by atoms with E-state index < -0.39 is 0 Å². The summed E-state index contributed by atoms with van der Waals surface area (Å²) in [7, 11) is 2.00. The maximum atomic E-state index is 3.48. The predicted molar refractivity (Wildman–Crippen MR) is 68.0 cm³/mol. The Morgan fingerprint density at radius 3 is 2.64 bits per heavy atom. The first-order valence-corrected chi connectivity index (χ1v) is 6.40. The molecule has 0 fully saturated rings. The van der Waals surface area contributed by atoms with Crippen molar-refractivity contribution in [3.63, 3.8) is 0 Å². The van der Waals surface area contributed by atoms with Crippen LogP contribution < -0.4 is 5.32 Å². The molecule has 14 heavy (non-hydrogen) atoms. The molecule has 1 nitrogen and oxygen atoms in total. The number of benzene rings is 1. The average Bonchev–Trinajstić information content (AvgIpc) is 2.16. The summed E-state index contributed by atoms with van der Waals surface area (Å²) < 4.78 is 1.15. The molecular weight excluding hydrogens is 258 g/mol. The van der Waals surface area contributed by atoms with Gasteiger partial charge in [-0.3, -0.25) is 0 Å². The fourth-order valence-electron chi connectivity index (χ4n) is 1.09. The lowest BCUT2D eigenvalue weighted by molar-refractivity contribution is 0.605. The SMILES string of the molecule is CNC(C)C(C)Sc1cccc(Br)c1. The Balaban J connectivity index is 2.60. The third-order valence-corrected chi connectivity index (χ3v) is 4.08. The highest BCUT2D eigenvalue weighted by molar-refractivity contribution is 9.10. The quantitative estimate of drug-likeness (QED) is 0.843. The van der Waals surface area contributed by atoms with Gasteiger partial charge in [-0.25, -0.2) is 0 Å². The van der Waals surface area contributed by atoms with Crippen molar-refractivity contribution >= 4 is 27.7 Å². The first-order valence-electron chi connectivity index (χ1n) is 4.73. The van der Waals surface area contributed by atoms with Gasteiger partial charge in [0.25, 0.3) is 0 Å². The fraction of sp³-hybridized carbons (Fsp3) is 0.455. The molecule has 0 heterocycles. The molecule has 0 amide bonds. The van der Waals surface area contributed by atoms with E-state index in [1.54, 1.807) is 0 Å². The van der Waals surface area contributed by atoms with Gasteiger partial charge in [0.2, 0.25) is 0 Å². The third kappa shape index (κ3) is 3.64. The Bertz CT molecular complexity index is 290. The standard InChI is InChI=1S/C11H16BrNS/c1-8(13-3)9(2)14-11-6-4-5-10(12)7-11/h4-9,13H,1-3H3. The molecule has 0 radical (unpaired) electrons. The second kappa shape index (κ2) is 5.79. The smallest absolute Gasteiger partial charge is 0.0217 e. The van der Waals surface area contributed by atoms with E-state index in [1.165, 1.54) is 4.90 Å². The molecule has 2 unspecified atom stereocenters. The first kappa shape index (κ1) is 12.1. The molecule has 1 aromatic rings. The predicted octanol–water partition coefficient (Wildman–Crippen LogP) is 3.54. The molecule has 78 valence electrons. The summed E-state index contributed by atoms with van der Waals surface area (Å²) in [5.41, 5.74) is 0. The minimum absolute atomic E-state index is 0.527. The maximum Gasteiger partial charge on any atom is 0.0217 e. The van der Waals surface area contributed by atoms with Gasteiger partial charge in [-0.15, -0.1) is 11.8 Å². The van der Waals surface area contributed by atoms with Crippen molar-refractivity contribution in [2.75, 3.05) is 7.05 Å². The molecule has 0 aliphatic carbocycles. The molecule has 0 saturated heterocycles. The summed E-state index contributed by atoms with van der Waals surface area (Å²) in [5, 5.41) is 3.85. The number of hydrogen-bond acceptors (Lipinski definition) is 2. The van der Waals surface area contributed by atoms with Crippen molar-refractivity contribution < 1.29 is 0 Å². The van der Waals surface area contributed by atoms with Crippen LogP contribution in [-0.2, 0) is 0 Å². The third-order valence-electron chi connectivity index (χ3n) is 2.28. The van der Waals surface area contributed by atoms with Crippen LogP contribution in [0.25, 0.3) is 0 Å². The maximum absolute atomic E-state index is 3.48. The largest absolute Gasteiger partial charge is 0.316 e. The van der Waals surface area contributed by atoms with Crippen LogP contribution in [0.4, 0.5) is 0 Å². The van der Waals surface area contributed by atoms with E-state index in [9.17, 15) is 0 Å². The minimum Gasteiger partial charge on any atom is -0.316 e. The monoisotopic (exact) mass is 273 g/mol. The number of nitrogens with one attached hydrogen (secondary N) is 1. The Labute approximate surface area is 98.8 Å². The van der Waals surface area contributed by atoms with E-state index >= 15 is 0 Å². The molecule has 0 spiro atoms. The van der Waals surface area contributed by atoms with Gasteiger partial charge in [0.05, 0.1) is 0 Å². The topological polar surface area (TPSA) is 12.0 Å². The molecule has 0 bridgehead atoms. The van der Waals surface area contributed by atoms with Crippen molar-refractivity contribution in [1.29, 1.82) is 0 Å². The van der Waals surface area contributed by atoms with Gasteiger partial charge in [0.1, 0.15) is 0 Å².